The van der Waals surface area contributed by atoms with Crippen LogP contribution in [0.1, 0.15) is 31.4 Å². The number of ether oxygens (including phenoxy) is 1. The Hall–Kier alpha value is -1.03. The molecular formula is C17H31N3O5. The standard InChI is InChI=1S/C17H31N3O5/c1-19-13(6-7-18-19)10-20-8-4-2-3-5-9-25-17(15(23)12-21)16(24)14(22)11-20/h6-7,14-17,21-24H,2-5,8-12H2,1H3/t14-,15+,16+,17+/m0/s1. The normalized spacial score (nSPS) is 28.9. The first-order valence-corrected chi connectivity index (χ1v) is 8.98. The van der Waals surface area contributed by atoms with Crippen LogP contribution in [0, 0.1) is 0 Å². The van der Waals surface area contributed by atoms with Crippen molar-refractivity contribution in [3.63, 3.8) is 0 Å². The third kappa shape index (κ3) is 6.02. The van der Waals surface area contributed by atoms with Crippen molar-refractivity contribution in [2.75, 3.05) is 26.3 Å². The summed E-state index contributed by atoms with van der Waals surface area (Å²) in [7, 11) is 1.87. The van der Waals surface area contributed by atoms with Gasteiger partial charge in [0.1, 0.15) is 18.3 Å². The van der Waals surface area contributed by atoms with E-state index in [4.69, 9.17) is 4.74 Å². The van der Waals surface area contributed by atoms with Gasteiger partial charge in [0.2, 0.25) is 0 Å². The van der Waals surface area contributed by atoms with Crippen LogP contribution in [0.3, 0.4) is 0 Å². The van der Waals surface area contributed by atoms with E-state index in [1.165, 1.54) is 0 Å². The van der Waals surface area contributed by atoms with Gasteiger partial charge < -0.3 is 25.2 Å². The van der Waals surface area contributed by atoms with E-state index in [2.05, 4.69) is 10.00 Å². The lowest BCUT2D eigenvalue weighted by atomic mass is 10.0. The highest BCUT2D eigenvalue weighted by Crippen LogP contribution is 2.15. The van der Waals surface area contributed by atoms with E-state index in [9.17, 15) is 20.4 Å². The lowest BCUT2D eigenvalue weighted by Gasteiger charge is -2.33. The number of hydrogen-bond acceptors (Lipinski definition) is 7. The van der Waals surface area contributed by atoms with Crippen LogP contribution in [0.25, 0.3) is 0 Å². The van der Waals surface area contributed by atoms with Gasteiger partial charge in [0.25, 0.3) is 0 Å². The molecule has 1 aromatic rings. The second-order valence-corrected chi connectivity index (χ2v) is 6.74. The maximum atomic E-state index is 10.5. The molecule has 1 aliphatic rings. The summed E-state index contributed by atoms with van der Waals surface area (Å²) in [6.07, 6.45) is 1.03. The average Bonchev–Trinajstić information content (AvgIpc) is 2.99. The van der Waals surface area contributed by atoms with E-state index >= 15 is 0 Å². The number of β-amino-alcohol motifs (C(OH)–C–C–N with tert-alkyl or cyclic N) is 1. The SMILES string of the molecule is Cn1nccc1CN1CCCCCCO[C@H]([C@H](O)CO)[C@H](O)[C@@H](O)C1. The fourth-order valence-corrected chi connectivity index (χ4v) is 3.16. The van der Waals surface area contributed by atoms with E-state index in [1.807, 2.05) is 13.1 Å². The second kappa shape index (κ2) is 10.2. The van der Waals surface area contributed by atoms with Crippen molar-refractivity contribution in [1.82, 2.24) is 14.7 Å². The molecule has 0 bridgehead atoms. The first kappa shape index (κ1) is 20.3. The van der Waals surface area contributed by atoms with Crippen LogP contribution in [-0.4, -0.2) is 85.8 Å². The van der Waals surface area contributed by atoms with Crippen LogP contribution >= 0.6 is 0 Å². The van der Waals surface area contributed by atoms with Crippen LogP contribution in [0.2, 0.25) is 0 Å². The largest absolute Gasteiger partial charge is 0.394 e. The average molecular weight is 357 g/mol. The van der Waals surface area contributed by atoms with Gasteiger partial charge in [0.05, 0.1) is 18.4 Å². The molecule has 1 aromatic heterocycles. The first-order chi connectivity index (χ1) is 12.0. The second-order valence-electron chi connectivity index (χ2n) is 6.74. The minimum absolute atomic E-state index is 0.254. The maximum absolute atomic E-state index is 10.5. The van der Waals surface area contributed by atoms with Gasteiger partial charge in [0, 0.05) is 32.9 Å². The molecule has 0 radical (unpaired) electrons. The lowest BCUT2D eigenvalue weighted by molar-refractivity contribution is -0.147. The summed E-state index contributed by atoms with van der Waals surface area (Å²) in [6, 6.07) is 1.93. The first-order valence-electron chi connectivity index (χ1n) is 8.98. The number of nitrogens with zero attached hydrogens (tertiary/aromatic N) is 3. The summed E-state index contributed by atoms with van der Waals surface area (Å²) in [5.74, 6) is 0. The van der Waals surface area contributed by atoms with Gasteiger partial charge in [-0.3, -0.25) is 9.58 Å². The number of aromatic nitrogens is 2. The third-order valence-electron chi connectivity index (χ3n) is 4.73. The fourth-order valence-electron chi connectivity index (χ4n) is 3.16. The zero-order valence-electron chi connectivity index (χ0n) is 14.9. The van der Waals surface area contributed by atoms with E-state index in [-0.39, 0.29) is 6.54 Å². The van der Waals surface area contributed by atoms with Crippen LogP contribution < -0.4 is 0 Å². The summed E-state index contributed by atoms with van der Waals surface area (Å²) in [6.45, 7) is 1.55. The van der Waals surface area contributed by atoms with E-state index < -0.39 is 31.0 Å². The minimum atomic E-state index is -1.27. The van der Waals surface area contributed by atoms with Crippen molar-refractivity contribution in [2.24, 2.45) is 7.05 Å². The molecule has 1 aliphatic heterocycles. The molecule has 1 fully saturated rings. The van der Waals surface area contributed by atoms with Gasteiger partial charge in [0.15, 0.2) is 0 Å². The molecule has 1 saturated heterocycles. The van der Waals surface area contributed by atoms with E-state index in [0.717, 1.165) is 37.9 Å². The molecule has 0 unspecified atom stereocenters. The van der Waals surface area contributed by atoms with Crippen molar-refractivity contribution in [3.8, 4) is 0 Å². The summed E-state index contributed by atoms with van der Waals surface area (Å²) in [5.41, 5.74) is 1.02. The molecule has 4 N–H and O–H groups in total. The Labute approximate surface area is 148 Å². The molecule has 25 heavy (non-hydrogen) atoms. The Morgan fingerprint density at radius 3 is 2.72 bits per heavy atom. The molecule has 8 nitrogen and oxygen atoms in total. The van der Waals surface area contributed by atoms with Gasteiger partial charge in [-0.2, -0.15) is 5.10 Å². The zero-order valence-corrected chi connectivity index (χ0v) is 14.9. The monoisotopic (exact) mass is 357 g/mol. The number of hydrogen-bond donors (Lipinski definition) is 4. The van der Waals surface area contributed by atoms with Gasteiger partial charge in [-0.1, -0.05) is 12.8 Å². The quantitative estimate of drug-likeness (QED) is 0.561. The van der Waals surface area contributed by atoms with Gasteiger partial charge in [-0.15, -0.1) is 0 Å². The Kier molecular flexibility index (Phi) is 8.28. The van der Waals surface area contributed by atoms with Crippen molar-refractivity contribution < 1.29 is 25.2 Å². The highest BCUT2D eigenvalue weighted by molar-refractivity contribution is 5.00. The summed E-state index contributed by atoms with van der Waals surface area (Å²) in [4.78, 5) is 2.08. The minimum Gasteiger partial charge on any atom is -0.394 e. The van der Waals surface area contributed by atoms with E-state index in [0.29, 0.717) is 13.2 Å². The maximum Gasteiger partial charge on any atom is 0.114 e. The molecule has 0 aromatic carbocycles. The van der Waals surface area contributed by atoms with Gasteiger partial charge >= 0.3 is 0 Å². The molecule has 0 aliphatic carbocycles. The van der Waals surface area contributed by atoms with Crippen LogP contribution in [0.4, 0.5) is 0 Å². The Bertz CT molecular complexity index is 498. The molecule has 2 heterocycles. The fraction of sp³-hybridized carbons (Fsp3) is 0.824. The molecule has 2 rings (SSSR count). The van der Waals surface area contributed by atoms with Gasteiger partial charge in [-0.25, -0.2) is 0 Å². The summed E-state index contributed by atoms with van der Waals surface area (Å²) < 4.78 is 7.35. The molecule has 4 atom stereocenters. The third-order valence-corrected chi connectivity index (χ3v) is 4.73. The molecular weight excluding hydrogens is 326 g/mol. The van der Waals surface area contributed by atoms with Crippen LogP contribution in [-0.2, 0) is 18.3 Å². The molecule has 0 amide bonds. The number of rotatable bonds is 4. The van der Waals surface area contributed by atoms with Crippen molar-refractivity contribution in [1.29, 1.82) is 0 Å². The highest BCUT2D eigenvalue weighted by Gasteiger charge is 2.33. The number of aliphatic hydroxyl groups excluding tert-OH is 4. The zero-order chi connectivity index (χ0) is 18.2. The van der Waals surface area contributed by atoms with Crippen molar-refractivity contribution in [3.05, 3.63) is 18.0 Å². The molecule has 0 saturated carbocycles. The number of aliphatic hydroxyl groups is 4. The van der Waals surface area contributed by atoms with Crippen molar-refractivity contribution >= 4 is 0 Å². The molecule has 144 valence electrons. The smallest absolute Gasteiger partial charge is 0.114 e. The summed E-state index contributed by atoms with van der Waals surface area (Å²) in [5, 5.41) is 44.2. The predicted molar refractivity (Wildman–Crippen MR) is 91.8 cm³/mol. The molecule has 0 spiro atoms. The van der Waals surface area contributed by atoms with E-state index in [1.54, 1.807) is 10.9 Å². The highest BCUT2D eigenvalue weighted by atomic mass is 16.5. The Morgan fingerprint density at radius 2 is 2.04 bits per heavy atom. The summed E-state index contributed by atoms with van der Waals surface area (Å²) >= 11 is 0. The van der Waals surface area contributed by atoms with Crippen LogP contribution in [0.15, 0.2) is 12.3 Å². The predicted octanol–water partition coefficient (Wildman–Crippen LogP) is -0.744. The number of aryl methyl sites for hydroxylation is 1. The Morgan fingerprint density at radius 1 is 1.28 bits per heavy atom. The Balaban J connectivity index is 2.07. The topological polar surface area (TPSA) is 111 Å². The van der Waals surface area contributed by atoms with Crippen molar-refractivity contribution in [2.45, 2.75) is 56.6 Å². The van der Waals surface area contributed by atoms with Crippen LogP contribution in [0.5, 0.6) is 0 Å². The van der Waals surface area contributed by atoms with Gasteiger partial charge in [-0.05, 0) is 25.5 Å². The molecule has 8 heteroatoms. The lowest BCUT2D eigenvalue weighted by Crippen LogP contribution is -2.51.